The quantitative estimate of drug-likeness (QED) is 0.785. The molecule has 0 spiro atoms. The molecule has 0 atom stereocenters. The van der Waals surface area contributed by atoms with E-state index in [0.29, 0.717) is 31.0 Å². The summed E-state index contributed by atoms with van der Waals surface area (Å²) in [4.78, 5) is 0. The van der Waals surface area contributed by atoms with Gasteiger partial charge in [-0.1, -0.05) is 23.7 Å². The number of hydrogen-bond acceptors (Lipinski definition) is 3. The van der Waals surface area contributed by atoms with Gasteiger partial charge in [0.05, 0.1) is 5.75 Å². The largest absolute Gasteiger partial charge is 0.330 e. The van der Waals surface area contributed by atoms with Crippen molar-refractivity contribution in [1.82, 2.24) is 4.72 Å². The van der Waals surface area contributed by atoms with E-state index in [2.05, 4.69) is 4.72 Å². The highest BCUT2D eigenvalue weighted by Crippen LogP contribution is 2.09. The third kappa shape index (κ3) is 6.02. The van der Waals surface area contributed by atoms with Gasteiger partial charge in [0.15, 0.2) is 0 Å². The first kappa shape index (κ1) is 14.4. The van der Waals surface area contributed by atoms with Crippen LogP contribution in [0.4, 0.5) is 0 Å². The second-order valence-corrected chi connectivity index (χ2v) is 6.09. The fraction of sp³-hybridized carbons (Fsp3) is 0.455. The molecule has 0 fully saturated rings. The number of halogens is 1. The van der Waals surface area contributed by atoms with E-state index < -0.39 is 10.0 Å². The number of sulfonamides is 1. The van der Waals surface area contributed by atoms with Crippen molar-refractivity contribution in [2.45, 2.75) is 12.8 Å². The van der Waals surface area contributed by atoms with Crippen LogP contribution in [-0.4, -0.2) is 27.3 Å². The van der Waals surface area contributed by atoms with Gasteiger partial charge in [-0.05, 0) is 37.1 Å². The molecule has 0 aromatic heterocycles. The molecule has 6 heteroatoms. The van der Waals surface area contributed by atoms with Crippen molar-refractivity contribution < 1.29 is 8.42 Å². The molecule has 96 valence electrons. The highest BCUT2D eigenvalue weighted by atomic mass is 35.5. The van der Waals surface area contributed by atoms with Gasteiger partial charge in [-0.3, -0.25) is 0 Å². The zero-order valence-electron chi connectivity index (χ0n) is 9.52. The van der Waals surface area contributed by atoms with Crippen LogP contribution < -0.4 is 10.5 Å². The van der Waals surface area contributed by atoms with Gasteiger partial charge in [0.1, 0.15) is 0 Å². The Morgan fingerprint density at radius 2 is 1.88 bits per heavy atom. The molecule has 0 radical (unpaired) electrons. The summed E-state index contributed by atoms with van der Waals surface area (Å²) in [6.45, 7) is 0.784. The van der Waals surface area contributed by atoms with Crippen LogP contribution in [0.3, 0.4) is 0 Å². The summed E-state index contributed by atoms with van der Waals surface area (Å²) >= 11 is 5.75. The van der Waals surface area contributed by atoms with Gasteiger partial charge in [-0.25, -0.2) is 13.1 Å². The second-order valence-electron chi connectivity index (χ2n) is 3.73. The number of benzene rings is 1. The SMILES string of the molecule is NCCCS(=O)(=O)NCCc1ccc(Cl)cc1. The molecule has 17 heavy (non-hydrogen) atoms. The fourth-order valence-corrected chi connectivity index (χ4v) is 2.58. The Morgan fingerprint density at radius 1 is 1.24 bits per heavy atom. The molecule has 0 aliphatic carbocycles. The highest BCUT2D eigenvalue weighted by Gasteiger charge is 2.08. The normalized spacial score (nSPS) is 11.6. The van der Waals surface area contributed by atoms with Crippen LogP contribution in [0.25, 0.3) is 0 Å². The number of nitrogens with two attached hydrogens (primary N) is 1. The van der Waals surface area contributed by atoms with Gasteiger partial charge in [-0.2, -0.15) is 0 Å². The number of nitrogens with one attached hydrogen (secondary N) is 1. The Morgan fingerprint density at radius 3 is 2.47 bits per heavy atom. The molecule has 1 rings (SSSR count). The van der Waals surface area contributed by atoms with Crippen LogP contribution in [-0.2, 0) is 16.4 Å². The first-order chi connectivity index (χ1) is 8.03. The summed E-state index contributed by atoms with van der Waals surface area (Å²) in [5, 5.41) is 0.678. The maximum absolute atomic E-state index is 11.4. The van der Waals surface area contributed by atoms with E-state index in [9.17, 15) is 8.42 Å². The lowest BCUT2D eigenvalue weighted by atomic mass is 10.2. The van der Waals surface area contributed by atoms with Gasteiger partial charge in [0.2, 0.25) is 10.0 Å². The monoisotopic (exact) mass is 276 g/mol. The van der Waals surface area contributed by atoms with Crippen molar-refractivity contribution in [1.29, 1.82) is 0 Å². The van der Waals surface area contributed by atoms with Crippen molar-refractivity contribution in [3.63, 3.8) is 0 Å². The van der Waals surface area contributed by atoms with Crippen LogP contribution in [0.15, 0.2) is 24.3 Å². The molecule has 0 saturated heterocycles. The van der Waals surface area contributed by atoms with Gasteiger partial charge < -0.3 is 5.73 Å². The third-order valence-electron chi connectivity index (χ3n) is 2.27. The molecule has 0 saturated carbocycles. The first-order valence-corrected chi connectivity index (χ1v) is 7.48. The minimum atomic E-state index is -3.18. The minimum absolute atomic E-state index is 0.0874. The predicted molar refractivity (Wildman–Crippen MR) is 70.6 cm³/mol. The average molecular weight is 277 g/mol. The minimum Gasteiger partial charge on any atom is -0.330 e. The molecule has 0 aliphatic rings. The summed E-state index contributed by atoms with van der Waals surface area (Å²) in [7, 11) is -3.18. The Labute approximate surface area is 107 Å². The summed E-state index contributed by atoms with van der Waals surface area (Å²) < 4.78 is 25.4. The molecule has 0 heterocycles. The molecular formula is C11H17ClN2O2S. The van der Waals surface area contributed by atoms with E-state index in [4.69, 9.17) is 17.3 Å². The van der Waals surface area contributed by atoms with E-state index in [1.54, 1.807) is 12.1 Å². The average Bonchev–Trinajstić information content (AvgIpc) is 2.29. The zero-order valence-corrected chi connectivity index (χ0v) is 11.1. The second kappa shape index (κ2) is 6.96. The maximum Gasteiger partial charge on any atom is 0.211 e. The van der Waals surface area contributed by atoms with Crippen molar-refractivity contribution in [2.75, 3.05) is 18.8 Å². The Kier molecular flexibility index (Phi) is 5.91. The van der Waals surface area contributed by atoms with Crippen LogP contribution in [0.2, 0.25) is 5.02 Å². The van der Waals surface area contributed by atoms with Gasteiger partial charge in [0, 0.05) is 11.6 Å². The Balaban J connectivity index is 2.34. The summed E-state index contributed by atoms with van der Waals surface area (Å²) in [5.74, 6) is 0.0874. The standard InChI is InChI=1S/C11H17ClN2O2S/c12-11-4-2-10(3-5-11)6-8-14-17(15,16)9-1-7-13/h2-5,14H,1,6-9,13H2. The van der Waals surface area contributed by atoms with Gasteiger partial charge in [0.25, 0.3) is 0 Å². The Hall–Kier alpha value is -0.620. The molecular weight excluding hydrogens is 260 g/mol. The number of hydrogen-bond donors (Lipinski definition) is 2. The third-order valence-corrected chi connectivity index (χ3v) is 3.99. The predicted octanol–water partition coefficient (Wildman–Crippen LogP) is 1.15. The summed E-state index contributed by atoms with van der Waals surface area (Å²) in [6.07, 6.45) is 1.13. The summed E-state index contributed by atoms with van der Waals surface area (Å²) in [6, 6.07) is 7.35. The lowest BCUT2D eigenvalue weighted by Gasteiger charge is -2.06. The van der Waals surface area contributed by atoms with Crippen LogP contribution in [0, 0.1) is 0 Å². The smallest absolute Gasteiger partial charge is 0.211 e. The number of rotatable bonds is 7. The highest BCUT2D eigenvalue weighted by molar-refractivity contribution is 7.89. The molecule has 0 amide bonds. The van der Waals surface area contributed by atoms with Crippen LogP contribution in [0.5, 0.6) is 0 Å². The molecule has 0 unspecified atom stereocenters. The molecule has 0 aliphatic heterocycles. The van der Waals surface area contributed by atoms with Gasteiger partial charge >= 0.3 is 0 Å². The Bertz CT molecular complexity index is 431. The molecule has 1 aromatic carbocycles. The first-order valence-electron chi connectivity index (χ1n) is 5.45. The fourth-order valence-electron chi connectivity index (χ4n) is 1.35. The van der Waals surface area contributed by atoms with E-state index in [1.165, 1.54) is 0 Å². The molecule has 4 nitrogen and oxygen atoms in total. The van der Waals surface area contributed by atoms with Crippen molar-refractivity contribution in [3.8, 4) is 0 Å². The maximum atomic E-state index is 11.4. The van der Waals surface area contributed by atoms with E-state index in [0.717, 1.165) is 5.56 Å². The zero-order chi connectivity index (χ0) is 12.7. The lowest BCUT2D eigenvalue weighted by molar-refractivity contribution is 0.579. The van der Waals surface area contributed by atoms with Gasteiger partial charge in [-0.15, -0.1) is 0 Å². The van der Waals surface area contributed by atoms with Crippen molar-refractivity contribution >= 4 is 21.6 Å². The molecule has 1 aromatic rings. The molecule has 0 bridgehead atoms. The molecule has 3 N–H and O–H groups in total. The summed E-state index contributed by atoms with van der Waals surface area (Å²) in [5.41, 5.74) is 6.32. The van der Waals surface area contributed by atoms with Crippen molar-refractivity contribution in [3.05, 3.63) is 34.9 Å². The van der Waals surface area contributed by atoms with Crippen LogP contribution >= 0.6 is 11.6 Å². The lowest BCUT2D eigenvalue weighted by Crippen LogP contribution is -2.29. The van der Waals surface area contributed by atoms with Crippen molar-refractivity contribution in [2.24, 2.45) is 5.73 Å². The van der Waals surface area contributed by atoms with E-state index >= 15 is 0 Å². The van der Waals surface area contributed by atoms with Crippen LogP contribution in [0.1, 0.15) is 12.0 Å². The van der Waals surface area contributed by atoms with E-state index in [-0.39, 0.29) is 5.75 Å². The van der Waals surface area contributed by atoms with E-state index in [1.807, 2.05) is 12.1 Å². The topological polar surface area (TPSA) is 72.2 Å².